The van der Waals surface area contributed by atoms with Crippen LogP contribution < -0.4 is 14.9 Å². The third-order valence-corrected chi connectivity index (χ3v) is 7.25. The molecule has 3 rings (SSSR count). The van der Waals surface area contributed by atoms with Gasteiger partial charge in [0.05, 0.1) is 10.9 Å². The van der Waals surface area contributed by atoms with Gasteiger partial charge in [-0.25, -0.2) is 8.42 Å². The average molecular weight is 459 g/mol. The van der Waals surface area contributed by atoms with Gasteiger partial charge in [-0.15, -0.1) is 0 Å². The van der Waals surface area contributed by atoms with E-state index in [1.54, 1.807) is 11.8 Å². The van der Waals surface area contributed by atoms with E-state index in [0.29, 0.717) is 31.9 Å². The molecular weight excluding hydrogens is 428 g/mol. The monoisotopic (exact) mass is 458 g/mol. The summed E-state index contributed by atoms with van der Waals surface area (Å²) in [6.07, 6.45) is 0. The molecule has 1 heterocycles. The van der Waals surface area contributed by atoms with Gasteiger partial charge in [0.15, 0.2) is 0 Å². The standard InChI is InChI=1S/C23H30N4O4S/c1-16-6-5-7-22(17(16)2)26-12-14-27(15-13-26)23(29)18(3)25-32(30,31)21-10-8-20(9-11-21)24-19(4)28/h5-11,18,25H,12-15H2,1-4H3,(H,24,28)/t18-/m0/s1. The van der Waals surface area contributed by atoms with E-state index in [2.05, 4.69) is 40.9 Å². The summed E-state index contributed by atoms with van der Waals surface area (Å²) in [7, 11) is -3.87. The Balaban J connectivity index is 1.60. The summed E-state index contributed by atoms with van der Waals surface area (Å²) in [4.78, 5) is 28.0. The maximum absolute atomic E-state index is 12.9. The Hall–Kier alpha value is -2.91. The summed E-state index contributed by atoms with van der Waals surface area (Å²) in [5.74, 6) is -0.486. The van der Waals surface area contributed by atoms with Crippen molar-refractivity contribution < 1.29 is 18.0 Å². The Morgan fingerprint density at radius 1 is 0.969 bits per heavy atom. The predicted molar refractivity (Wildman–Crippen MR) is 125 cm³/mol. The molecule has 1 aliphatic heterocycles. The number of carbonyl (C=O) groups excluding carboxylic acids is 2. The second-order valence-electron chi connectivity index (χ2n) is 8.08. The molecule has 1 fully saturated rings. The molecular formula is C23H30N4O4S. The highest BCUT2D eigenvalue weighted by molar-refractivity contribution is 7.89. The summed E-state index contributed by atoms with van der Waals surface area (Å²) < 4.78 is 27.9. The van der Waals surface area contributed by atoms with Gasteiger partial charge in [0, 0.05) is 44.5 Å². The zero-order valence-electron chi connectivity index (χ0n) is 18.9. The minimum Gasteiger partial charge on any atom is -0.368 e. The quantitative estimate of drug-likeness (QED) is 0.692. The number of nitrogens with zero attached hydrogens (tertiary/aromatic N) is 2. The largest absolute Gasteiger partial charge is 0.368 e. The summed E-state index contributed by atoms with van der Waals surface area (Å²) in [5, 5.41) is 2.59. The number of sulfonamides is 1. The van der Waals surface area contributed by atoms with Gasteiger partial charge in [0.2, 0.25) is 21.8 Å². The van der Waals surface area contributed by atoms with Crippen molar-refractivity contribution in [3.05, 3.63) is 53.6 Å². The minimum absolute atomic E-state index is 0.0333. The molecule has 9 heteroatoms. The Kier molecular flexibility index (Phi) is 7.20. The van der Waals surface area contributed by atoms with Gasteiger partial charge >= 0.3 is 0 Å². The van der Waals surface area contributed by atoms with Crippen LogP contribution in [-0.2, 0) is 19.6 Å². The van der Waals surface area contributed by atoms with Gasteiger partial charge < -0.3 is 15.1 Å². The molecule has 1 atom stereocenters. The molecule has 1 aliphatic rings. The molecule has 2 aromatic rings. The van der Waals surface area contributed by atoms with E-state index in [9.17, 15) is 18.0 Å². The SMILES string of the molecule is CC(=O)Nc1ccc(S(=O)(=O)N[C@@H](C)C(=O)N2CCN(c3cccc(C)c3C)CC2)cc1. The third-order valence-electron chi connectivity index (χ3n) is 5.70. The average Bonchev–Trinajstić information content (AvgIpc) is 2.75. The van der Waals surface area contributed by atoms with Crippen LogP contribution in [0.4, 0.5) is 11.4 Å². The molecule has 2 N–H and O–H groups in total. The Morgan fingerprint density at radius 3 is 2.19 bits per heavy atom. The number of benzene rings is 2. The fourth-order valence-electron chi connectivity index (χ4n) is 3.79. The van der Waals surface area contributed by atoms with Crippen molar-refractivity contribution in [2.75, 3.05) is 36.4 Å². The van der Waals surface area contributed by atoms with Crippen LogP contribution in [0, 0.1) is 13.8 Å². The number of carbonyl (C=O) groups is 2. The zero-order valence-corrected chi connectivity index (χ0v) is 19.7. The third kappa shape index (κ3) is 5.46. The first-order valence-electron chi connectivity index (χ1n) is 10.6. The number of anilines is 2. The van der Waals surface area contributed by atoms with Crippen molar-refractivity contribution >= 4 is 33.2 Å². The lowest BCUT2D eigenvalue weighted by Gasteiger charge is -2.38. The lowest BCUT2D eigenvalue weighted by molar-refractivity contribution is -0.132. The fraction of sp³-hybridized carbons (Fsp3) is 0.391. The van der Waals surface area contributed by atoms with Crippen molar-refractivity contribution in [3.63, 3.8) is 0 Å². The van der Waals surface area contributed by atoms with Gasteiger partial charge in [-0.1, -0.05) is 12.1 Å². The summed E-state index contributed by atoms with van der Waals surface area (Å²) in [6, 6.07) is 11.1. The van der Waals surface area contributed by atoms with Crippen molar-refractivity contribution in [2.45, 2.75) is 38.6 Å². The maximum Gasteiger partial charge on any atom is 0.241 e. The number of hydrogen-bond acceptors (Lipinski definition) is 5. The Bertz CT molecular complexity index is 1090. The zero-order chi connectivity index (χ0) is 23.5. The summed E-state index contributed by atoms with van der Waals surface area (Å²) in [6.45, 7) is 9.57. The van der Waals surface area contributed by atoms with Crippen molar-refractivity contribution in [3.8, 4) is 0 Å². The van der Waals surface area contributed by atoms with Crippen molar-refractivity contribution in [1.29, 1.82) is 0 Å². The van der Waals surface area contributed by atoms with E-state index in [1.165, 1.54) is 48.0 Å². The topological polar surface area (TPSA) is 98.8 Å². The smallest absolute Gasteiger partial charge is 0.241 e. The molecule has 0 aliphatic carbocycles. The van der Waals surface area contributed by atoms with E-state index >= 15 is 0 Å². The molecule has 0 saturated carbocycles. The van der Waals surface area contributed by atoms with Gasteiger partial charge in [0.25, 0.3) is 0 Å². The van der Waals surface area contributed by atoms with Gasteiger partial charge in [-0.2, -0.15) is 4.72 Å². The first kappa shape index (κ1) is 23.7. The Morgan fingerprint density at radius 2 is 1.59 bits per heavy atom. The maximum atomic E-state index is 12.9. The molecule has 32 heavy (non-hydrogen) atoms. The van der Waals surface area contributed by atoms with Crippen LogP contribution in [0.15, 0.2) is 47.4 Å². The number of aryl methyl sites for hydroxylation is 1. The van der Waals surface area contributed by atoms with E-state index in [0.717, 1.165) is 0 Å². The van der Waals surface area contributed by atoms with E-state index in [-0.39, 0.29) is 16.7 Å². The summed E-state index contributed by atoms with van der Waals surface area (Å²) >= 11 is 0. The number of rotatable bonds is 6. The molecule has 0 radical (unpaired) electrons. The second kappa shape index (κ2) is 9.70. The van der Waals surface area contributed by atoms with Crippen molar-refractivity contribution in [2.24, 2.45) is 0 Å². The van der Waals surface area contributed by atoms with Crippen LogP contribution in [0.25, 0.3) is 0 Å². The molecule has 8 nitrogen and oxygen atoms in total. The number of hydrogen-bond donors (Lipinski definition) is 2. The van der Waals surface area contributed by atoms with E-state index < -0.39 is 16.1 Å². The number of amides is 2. The highest BCUT2D eigenvalue weighted by Gasteiger charge is 2.28. The molecule has 0 spiro atoms. The molecule has 0 unspecified atom stereocenters. The van der Waals surface area contributed by atoms with E-state index in [1.807, 2.05) is 6.07 Å². The lowest BCUT2D eigenvalue weighted by atomic mass is 10.1. The molecule has 0 aromatic heterocycles. The lowest BCUT2D eigenvalue weighted by Crippen LogP contribution is -2.54. The highest BCUT2D eigenvalue weighted by atomic mass is 32.2. The molecule has 0 bridgehead atoms. The van der Waals surface area contributed by atoms with Crippen LogP contribution in [-0.4, -0.2) is 57.4 Å². The van der Waals surface area contributed by atoms with Crippen LogP contribution >= 0.6 is 0 Å². The molecule has 2 aromatic carbocycles. The molecule has 2 amide bonds. The van der Waals surface area contributed by atoms with E-state index in [4.69, 9.17) is 0 Å². The normalized spacial score (nSPS) is 15.4. The van der Waals surface area contributed by atoms with Crippen molar-refractivity contribution in [1.82, 2.24) is 9.62 Å². The van der Waals surface area contributed by atoms with Gasteiger partial charge in [-0.05, 0) is 62.2 Å². The summed E-state index contributed by atoms with van der Waals surface area (Å²) in [5.41, 5.74) is 4.14. The number of piperazine rings is 1. The van der Waals surface area contributed by atoms with Crippen LogP contribution in [0.1, 0.15) is 25.0 Å². The predicted octanol–water partition coefficient (Wildman–Crippen LogP) is 2.28. The minimum atomic E-state index is -3.87. The fourth-order valence-corrected chi connectivity index (χ4v) is 4.99. The number of nitrogens with one attached hydrogen (secondary N) is 2. The Labute approximate surface area is 189 Å². The van der Waals surface area contributed by atoms with Crippen LogP contribution in [0.5, 0.6) is 0 Å². The first-order valence-corrected chi connectivity index (χ1v) is 12.1. The second-order valence-corrected chi connectivity index (χ2v) is 9.79. The van der Waals surface area contributed by atoms with Gasteiger partial charge in [-0.3, -0.25) is 9.59 Å². The van der Waals surface area contributed by atoms with Gasteiger partial charge in [0.1, 0.15) is 0 Å². The molecule has 172 valence electrons. The van der Waals surface area contributed by atoms with Crippen LogP contribution in [0.2, 0.25) is 0 Å². The van der Waals surface area contributed by atoms with Crippen LogP contribution in [0.3, 0.4) is 0 Å². The first-order chi connectivity index (χ1) is 15.1. The molecule has 1 saturated heterocycles. The highest BCUT2D eigenvalue weighted by Crippen LogP contribution is 2.24.